The van der Waals surface area contributed by atoms with E-state index in [1.54, 1.807) is 31.2 Å². The number of esters is 3. The fourth-order valence-corrected chi connectivity index (χ4v) is 9.06. The molecule has 0 aliphatic carbocycles. The Labute approximate surface area is 340 Å². The molecule has 1 fully saturated rings. The number of ether oxygens (including phenoxy) is 3. The molecule has 1 saturated heterocycles. The molecule has 0 spiro atoms. The minimum Gasteiger partial charge on any atom is -0.459 e. The summed E-state index contributed by atoms with van der Waals surface area (Å²) in [5, 5.41) is 0. The van der Waals surface area contributed by atoms with Crippen LogP contribution in [0.15, 0.2) is 24.3 Å². The van der Waals surface area contributed by atoms with Crippen molar-refractivity contribution >= 4 is 37.1 Å². The number of carbonyl (C=O) groups excluding carboxylic acids is 5. The Morgan fingerprint density at radius 2 is 0.947 bits per heavy atom. The van der Waals surface area contributed by atoms with Gasteiger partial charge < -0.3 is 18.7 Å². The molecular weight excluding hydrogens is 753 g/mol. The molecular formula is C41H68N5O10P. The fourth-order valence-electron chi connectivity index (χ4n) is 6.64. The molecule has 2 amide bonds. The Morgan fingerprint density at radius 3 is 1.28 bits per heavy atom. The third-order valence-electron chi connectivity index (χ3n) is 9.04. The summed E-state index contributed by atoms with van der Waals surface area (Å²) in [5.74, 6) is -1.75. The van der Waals surface area contributed by atoms with Gasteiger partial charge in [-0.1, -0.05) is 12.1 Å². The smallest absolute Gasteiger partial charge is 0.320 e. The van der Waals surface area contributed by atoms with Crippen LogP contribution in [0.25, 0.3) is 0 Å². The Kier molecular flexibility index (Phi) is 17.9. The summed E-state index contributed by atoms with van der Waals surface area (Å²) in [7, 11) is -3.25. The first-order valence-corrected chi connectivity index (χ1v) is 22.2. The number of hydrogen-bond donors (Lipinski definition) is 0. The molecule has 322 valence electrons. The summed E-state index contributed by atoms with van der Waals surface area (Å²) >= 11 is 0. The second kappa shape index (κ2) is 21.2. The number of hydrogen-bond acceptors (Lipinski definition) is 14. The van der Waals surface area contributed by atoms with Gasteiger partial charge in [-0.05, 0) is 94.2 Å². The van der Waals surface area contributed by atoms with Crippen molar-refractivity contribution in [2.45, 2.75) is 98.9 Å². The summed E-state index contributed by atoms with van der Waals surface area (Å²) in [6.07, 6.45) is 1.33. The van der Waals surface area contributed by atoms with E-state index in [0.29, 0.717) is 76.3 Å². The van der Waals surface area contributed by atoms with Crippen LogP contribution in [-0.4, -0.2) is 169 Å². The number of amides is 2. The van der Waals surface area contributed by atoms with Gasteiger partial charge in [0.05, 0.1) is 43.7 Å². The van der Waals surface area contributed by atoms with E-state index in [-0.39, 0.29) is 75.0 Å². The first-order valence-electron chi connectivity index (χ1n) is 20.2. The molecule has 0 radical (unpaired) electrons. The number of benzene rings is 1. The first-order chi connectivity index (χ1) is 26.5. The van der Waals surface area contributed by atoms with Crippen molar-refractivity contribution in [3.63, 3.8) is 0 Å². The van der Waals surface area contributed by atoms with Crippen LogP contribution in [0.4, 0.5) is 0 Å². The minimum atomic E-state index is -3.25. The molecule has 0 aromatic heterocycles. The van der Waals surface area contributed by atoms with Crippen molar-refractivity contribution in [2.75, 3.05) is 97.6 Å². The summed E-state index contributed by atoms with van der Waals surface area (Å²) in [5.41, 5.74) is -1.19. The Balaban J connectivity index is 1.80. The molecule has 2 aliphatic rings. The van der Waals surface area contributed by atoms with Crippen molar-refractivity contribution in [2.24, 2.45) is 0 Å². The summed E-state index contributed by atoms with van der Waals surface area (Å²) in [6, 6.07) is 6.77. The van der Waals surface area contributed by atoms with E-state index < -0.39 is 24.2 Å². The highest BCUT2D eigenvalue weighted by molar-refractivity contribution is 7.58. The largest absolute Gasteiger partial charge is 0.459 e. The molecule has 15 nitrogen and oxygen atoms in total. The van der Waals surface area contributed by atoms with E-state index in [9.17, 15) is 28.5 Å². The number of unbranched alkanes of at least 4 members (excludes halogenated alkanes) is 1. The van der Waals surface area contributed by atoms with E-state index in [0.717, 1.165) is 0 Å². The van der Waals surface area contributed by atoms with Crippen molar-refractivity contribution in [1.82, 2.24) is 24.5 Å². The van der Waals surface area contributed by atoms with Crippen LogP contribution in [0.5, 0.6) is 0 Å². The molecule has 3 rings (SSSR count). The molecule has 2 aliphatic heterocycles. The lowest BCUT2D eigenvalue weighted by atomic mass is 10.1. The molecule has 1 atom stereocenters. The molecule has 1 aromatic rings. The Bertz CT molecular complexity index is 1500. The summed E-state index contributed by atoms with van der Waals surface area (Å²) in [4.78, 5) is 74.2. The fraction of sp³-hybridized carbons (Fsp3) is 0.732. The van der Waals surface area contributed by atoms with Crippen LogP contribution >= 0.6 is 7.37 Å². The number of nitrogens with zero attached hydrogens (tertiary/aromatic N) is 5. The maximum atomic E-state index is 14.5. The van der Waals surface area contributed by atoms with Crippen LogP contribution in [0.2, 0.25) is 0 Å². The van der Waals surface area contributed by atoms with E-state index in [4.69, 9.17) is 18.7 Å². The van der Waals surface area contributed by atoms with Gasteiger partial charge in [-0.15, -0.1) is 0 Å². The summed E-state index contributed by atoms with van der Waals surface area (Å²) in [6.45, 7) is 22.2. The van der Waals surface area contributed by atoms with Gasteiger partial charge in [0.25, 0.3) is 11.8 Å². The normalized spacial score (nSPS) is 18.7. The molecule has 0 saturated carbocycles. The molecule has 16 heteroatoms. The Hall–Kier alpha value is -3.20. The molecule has 0 N–H and O–H groups in total. The SMILES string of the molecule is CCOP(=O)(CCCCN1C(=O)c2ccccc2C1=O)CN1CCN(CC(=O)OC(C)(C)C)CCN(CC(=O)OC(C)(C)C)CCN(CC(=O)OC(C)(C)C)CC1. The van der Waals surface area contributed by atoms with Crippen LogP contribution < -0.4 is 0 Å². The van der Waals surface area contributed by atoms with Gasteiger partial charge in [0, 0.05) is 65.1 Å². The maximum Gasteiger partial charge on any atom is 0.320 e. The summed E-state index contributed by atoms with van der Waals surface area (Å²) < 4.78 is 37.5. The third kappa shape index (κ3) is 17.7. The maximum absolute atomic E-state index is 14.5. The lowest BCUT2D eigenvalue weighted by Crippen LogP contribution is -2.49. The van der Waals surface area contributed by atoms with Gasteiger partial charge in [-0.3, -0.25) is 53.0 Å². The molecule has 1 unspecified atom stereocenters. The number of rotatable bonds is 15. The lowest BCUT2D eigenvalue weighted by molar-refractivity contribution is -0.158. The van der Waals surface area contributed by atoms with Gasteiger partial charge in [0.15, 0.2) is 0 Å². The highest BCUT2D eigenvalue weighted by atomic mass is 31.2. The zero-order valence-corrected chi connectivity index (χ0v) is 37.0. The van der Waals surface area contributed by atoms with Crippen LogP contribution in [0.1, 0.15) is 103 Å². The average molecular weight is 822 g/mol. The first kappa shape index (κ1) is 48.2. The van der Waals surface area contributed by atoms with Gasteiger partial charge in [0.2, 0.25) is 7.37 Å². The van der Waals surface area contributed by atoms with Gasteiger partial charge in [0.1, 0.15) is 16.8 Å². The quantitative estimate of drug-likeness (QED) is 0.0797. The topological polar surface area (TPSA) is 156 Å². The predicted octanol–water partition coefficient (Wildman–Crippen LogP) is 4.58. The number of fused-ring (bicyclic) bond motifs is 1. The van der Waals surface area contributed by atoms with Crippen LogP contribution in [0.3, 0.4) is 0 Å². The van der Waals surface area contributed by atoms with Crippen LogP contribution in [0, 0.1) is 0 Å². The number of imide groups is 1. The molecule has 2 heterocycles. The molecule has 0 bridgehead atoms. The van der Waals surface area contributed by atoms with Crippen molar-refractivity contribution < 1.29 is 47.3 Å². The van der Waals surface area contributed by atoms with Gasteiger partial charge >= 0.3 is 17.9 Å². The highest BCUT2D eigenvalue weighted by Crippen LogP contribution is 2.48. The zero-order chi connectivity index (χ0) is 42.6. The highest BCUT2D eigenvalue weighted by Gasteiger charge is 2.35. The van der Waals surface area contributed by atoms with Crippen molar-refractivity contribution in [1.29, 1.82) is 0 Å². The standard InChI is InChI=1S/C41H68N5O10P/c1-11-53-57(52,27-15-14-18-46-37(50)32-16-12-13-17-33(32)38(46)51)31-45-25-23-43(29-35(48)55-40(5,6)7)21-19-42(28-34(47)54-39(2,3)4)20-22-44(24-26-45)30-36(49)56-41(8,9)10/h12-13,16-17H,11,14-15,18-31H2,1-10H3. The zero-order valence-electron chi connectivity index (χ0n) is 36.1. The van der Waals surface area contributed by atoms with Gasteiger partial charge in [-0.25, -0.2) is 0 Å². The minimum absolute atomic E-state index is 0.0249. The predicted molar refractivity (Wildman–Crippen MR) is 218 cm³/mol. The van der Waals surface area contributed by atoms with Crippen LogP contribution in [-0.2, 0) is 37.7 Å². The van der Waals surface area contributed by atoms with Crippen molar-refractivity contribution in [3.8, 4) is 0 Å². The lowest BCUT2D eigenvalue weighted by Gasteiger charge is -2.35. The monoisotopic (exact) mass is 821 g/mol. The number of carbonyl (C=O) groups is 5. The second-order valence-electron chi connectivity index (χ2n) is 17.8. The Morgan fingerprint density at radius 1 is 0.596 bits per heavy atom. The van der Waals surface area contributed by atoms with E-state index >= 15 is 0 Å². The second-order valence-corrected chi connectivity index (χ2v) is 20.4. The van der Waals surface area contributed by atoms with E-state index in [2.05, 4.69) is 4.90 Å². The molecule has 57 heavy (non-hydrogen) atoms. The third-order valence-corrected chi connectivity index (χ3v) is 11.6. The van der Waals surface area contributed by atoms with E-state index in [1.165, 1.54) is 4.90 Å². The van der Waals surface area contributed by atoms with Gasteiger partial charge in [-0.2, -0.15) is 0 Å². The van der Waals surface area contributed by atoms with E-state index in [1.807, 2.05) is 77.0 Å². The molecule has 1 aromatic carbocycles. The van der Waals surface area contributed by atoms with Crippen molar-refractivity contribution in [3.05, 3.63) is 35.4 Å². The average Bonchev–Trinajstić information content (AvgIpc) is 3.30.